The summed E-state index contributed by atoms with van der Waals surface area (Å²) in [7, 11) is 1.69. The quantitative estimate of drug-likeness (QED) is 0.807. The first-order chi connectivity index (χ1) is 8.70. The van der Waals surface area contributed by atoms with Gasteiger partial charge in [-0.25, -0.2) is 0 Å². The van der Waals surface area contributed by atoms with Crippen LogP contribution in [-0.4, -0.2) is 7.11 Å². The molecule has 0 radical (unpaired) electrons. The first kappa shape index (κ1) is 12.5. The van der Waals surface area contributed by atoms with Gasteiger partial charge in [-0.2, -0.15) is 0 Å². The second-order valence-electron chi connectivity index (χ2n) is 4.29. The van der Waals surface area contributed by atoms with Crippen LogP contribution < -0.4 is 11.1 Å². The molecule has 0 saturated heterocycles. The maximum Gasteiger partial charge on any atom is 0.0713 e. The minimum absolute atomic E-state index is 0.632. The lowest BCUT2D eigenvalue weighted by Gasteiger charge is -2.11. The number of anilines is 3. The normalized spacial score (nSPS) is 10.3. The second-order valence-corrected chi connectivity index (χ2v) is 4.29. The third kappa shape index (κ3) is 2.81. The van der Waals surface area contributed by atoms with Gasteiger partial charge in [0, 0.05) is 12.8 Å². The Labute approximate surface area is 108 Å². The molecule has 3 heteroatoms. The zero-order chi connectivity index (χ0) is 13.0. The number of nitrogens with two attached hydrogens (primary N) is 1. The number of hydrogen-bond donors (Lipinski definition) is 2. The van der Waals surface area contributed by atoms with Crippen molar-refractivity contribution in [1.82, 2.24) is 0 Å². The van der Waals surface area contributed by atoms with Gasteiger partial charge in [-0.05, 0) is 36.2 Å². The number of hydrogen-bond acceptors (Lipinski definition) is 3. The van der Waals surface area contributed by atoms with E-state index in [4.69, 9.17) is 10.5 Å². The molecule has 0 aliphatic heterocycles. The van der Waals surface area contributed by atoms with Crippen molar-refractivity contribution in [2.45, 2.75) is 13.5 Å². The number of nitrogen functional groups attached to an aromatic ring is 1. The SMILES string of the molecule is COCc1ccc(Nc2cccc(C)c2N)cc1. The van der Waals surface area contributed by atoms with Gasteiger partial charge >= 0.3 is 0 Å². The van der Waals surface area contributed by atoms with Crippen LogP contribution in [0.15, 0.2) is 42.5 Å². The van der Waals surface area contributed by atoms with Crippen molar-refractivity contribution in [2.24, 2.45) is 0 Å². The lowest BCUT2D eigenvalue weighted by molar-refractivity contribution is 0.185. The Balaban J connectivity index is 2.16. The van der Waals surface area contributed by atoms with E-state index >= 15 is 0 Å². The summed E-state index contributed by atoms with van der Waals surface area (Å²) in [5.41, 5.74) is 11.0. The van der Waals surface area contributed by atoms with Crippen molar-refractivity contribution in [2.75, 3.05) is 18.2 Å². The Morgan fingerprint density at radius 3 is 2.50 bits per heavy atom. The van der Waals surface area contributed by atoms with Crippen molar-refractivity contribution in [3.05, 3.63) is 53.6 Å². The van der Waals surface area contributed by atoms with Gasteiger partial charge in [-0.15, -0.1) is 0 Å². The number of rotatable bonds is 4. The first-order valence-corrected chi connectivity index (χ1v) is 5.90. The fourth-order valence-electron chi connectivity index (χ4n) is 1.80. The molecule has 0 amide bonds. The molecule has 0 heterocycles. The van der Waals surface area contributed by atoms with Crippen LogP contribution in [0.3, 0.4) is 0 Å². The summed E-state index contributed by atoms with van der Waals surface area (Å²) < 4.78 is 5.08. The van der Waals surface area contributed by atoms with Crippen molar-refractivity contribution in [3.63, 3.8) is 0 Å². The molecule has 0 spiro atoms. The smallest absolute Gasteiger partial charge is 0.0713 e. The Morgan fingerprint density at radius 1 is 1.11 bits per heavy atom. The van der Waals surface area contributed by atoms with Crippen LogP contribution in [0.2, 0.25) is 0 Å². The average molecular weight is 242 g/mol. The van der Waals surface area contributed by atoms with E-state index in [0.29, 0.717) is 6.61 Å². The Kier molecular flexibility index (Phi) is 3.85. The van der Waals surface area contributed by atoms with E-state index in [1.54, 1.807) is 7.11 Å². The van der Waals surface area contributed by atoms with E-state index in [1.165, 1.54) is 0 Å². The van der Waals surface area contributed by atoms with E-state index in [2.05, 4.69) is 5.32 Å². The molecule has 0 aliphatic rings. The molecule has 0 fully saturated rings. The molecule has 2 aromatic carbocycles. The van der Waals surface area contributed by atoms with E-state index in [-0.39, 0.29) is 0 Å². The van der Waals surface area contributed by atoms with Crippen LogP contribution in [0.1, 0.15) is 11.1 Å². The Hall–Kier alpha value is -2.00. The predicted octanol–water partition coefficient (Wildman–Crippen LogP) is 3.47. The molecule has 2 rings (SSSR count). The molecule has 94 valence electrons. The number of methoxy groups -OCH3 is 1. The fraction of sp³-hybridized carbons (Fsp3) is 0.200. The average Bonchev–Trinajstić information content (AvgIpc) is 2.38. The summed E-state index contributed by atoms with van der Waals surface area (Å²) in [5, 5.41) is 3.32. The third-order valence-corrected chi connectivity index (χ3v) is 2.87. The minimum atomic E-state index is 0.632. The molecule has 18 heavy (non-hydrogen) atoms. The zero-order valence-electron chi connectivity index (χ0n) is 10.7. The lowest BCUT2D eigenvalue weighted by Crippen LogP contribution is -1.98. The van der Waals surface area contributed by atoms with Gasteiger partial charge in [0.2, 0.25) is 0 Å². The molecule has 0 unspecified atom stereocenters. The van der Waals surface area contributed by atoms with Crippen molar-refractivity contribution < 1.29 is 4.74 Å². The van der Waals surface area contributed by atoms with Gasteiger partial charge in [0.15, 0.2) is 0 Å². The van der Waals surface area contributed by atoms with E-state index in [0.717, 1.165) is 28.2 Å². The highest BCUT2D eigenvalue weighted by Gasteiger charge is 2.01. The van der Waals surface area contributed by atoms with E-state index < -0.39 is 0 Å². The number of benzene rings is 2. The highest BCUT2D eigenvalue weighted by atomic mass is 16.5. The second kappa shape index (κ2) is 5.56. The summed E-state index contributed by atoms with van der Waals surface area (Å²) in [4.78, 5) is 0. The summed E-state index contributed by atoms with van der Waals surface area (Å²) in [6.07, 6.45) is 0. The molecular weight excluding hydrogens is 224 g/mol. The van der Waals surface area contributed by atoms with Crippen molar-refractivity contribution >= 4 is 17.1 Å². The highest BCUT2D eigenvalue weighted by Crippen LogP contribution is 2.25. The molecule has 0 atom stereocenters. The first-order valence-electron chi connectivity index (χ1n) is 5.90. The van der Waals surface area contributed by atoms with Crippen LogP contribution in [-0.2, 0) is 11.3 Å². The van der Waals surface area contributed by atoms with Gasteiger partial charge in [0.1, 0.15) is 0 Å². The number of ether oxygens (including phenoxy) is 1. The number of para-hydroxylation sites is 1. The molecular formula is C15H18N2O. The van der Waals surface area contributed by atoms with Crippen LogP contribution >= 0.6 is 0 Å². The van der Waals surface area contributed by atoms with Gasteiger partial charge in [0.25, 0.3) is 0 Å². The van der Waals surface area contributed by atoms with Gasteiger partial charge in [0.05, 0.1) is 18.0 Å². The minimum Gasteiger partial charge on any atom is -0.397 e. The third-order valence-electron chi connectivity index (χ3n) is 2.87. The summed E-state index contributed by atoms with van der Waals surface area (Å²) in [6.45, 7) is 2.63. The van der Waals surface area contributed by atoms with Gasteiger partial charge in [-0.1, -0.05) is 24.3 Å². The monoisotopic (exact) mass is 242 g/mol. The standard InChI is InChI=1S/C15H18N2O/c1-11-4-3-5-14(15(11)16)17-13-8-6-12(7-9-13)10-18-2/h3-9,17H,10,16H2,1-2H3. The Morgan fingerprint density at radius 2 is 1.83 bits per heavy atom. The predicted molar refractivity (Wildman–Crippen MR) is 76.0 cm³/mol. The van der Waals surface area contributed by atoms with E-state index in [9.17, 15) is 0 Å². The van der Waals surface area contributed by atoms with Gasteiger partial charge < -0.3 is 15.8 Å². The lowest BCUT2D eigenvalue weighted by atomic mass is 10.1. The molecule has 0 saturated carbocycles. The maximum absolute atomic E-state index is 6.03. The number of nitrogens with one attached hydrogen (secondary N) is 1. The Bertz CT molecular complexity index is 521. The van der Waals surface area contributed by atoms with Gasteiger partial charge in [-0.3, -0.25) is 0 Å². The largest absolute Gasteiger partial charge is 0.397 e. The molecule has 0 bridgehead atoms. The van der Waals surface area contributed by atoms with Crippen LogP contribution in [0.5, 0.6) is 0 Å². The molecule has 3 N–H and O–H groups in total. The van der Waals surface area contributed by atoms with Crippen LogP contribution in [0.25, 0.3) is 0 Å². The zero-order valence-corrected chi connectivity index (χ0v) is 10.7. The van der Waals surface area contributed by atoms with Crippen molar-refractivity contribution in [3.8, 4) is 0 Å². The van der Waals surface area contributed by atoms with Crippen LogP contribution in [0.4, 0.5) is 17.1 Å². The molecule has 0 aromatic heterocycles. The summed E-state index contributed by atoms with van der Waals surface area (Å²) in [5.74, 6) is 0. The maximum atomic E-state index is 6.03. The highest BCUT2D eigenvalue weighted by molar-refractivity contribution is 5.74. The molecule has 2 aromatic rings. The number of aryl methyl sites for hydroxylation is 1. The summed E-state index contributed by atoms with van der Waals surface area (Å²) >= 11 is 0. The summed E-state index contributed by atoms with van der Waals surface area (Å²) in [6, 6.07) is 14.1. The molecule has 0 aliphatic carbocycles. The van der Waals surface area contributed by atoms with Crippen LogP contribution in [0, 0.1) is 6.92 Å². The van der Waals surface area contributed by atoms with Crippen molar-refractivity contribution in [1.29, 1.82) is 0 Å². The molecule has 3 nitrogen and oxygen atoms in total. The topological polar surface area (TPSA) is 47.3 Å². The van der Waals surface area contributed by atoms with E-state index in [1.807, 2.05) is 49.4 Å². The fourth-order valence-corrected chi connectivity index (χ4v) is 1.80.